The third-order valence-corrected chi connectivity index (χ3v) is 10.9. The van der Waals surface area contributed by atoms with E-state index in [1.54, 1.807) is 6.07 Å². The SMILES string of the molecule is CCCCCCCCCCCCCCCCc1cc(S(=O)(=O)O)c2cccc(CCCCCCCCCCCCCCCC)c2c1. The van der Waals surface area contributed by atoms with Gasteiger partial charge in [-0.3, -0.25) is 4.55 Å². The van der Waals surface area contributed by atoms with Crippen molar-refractivity contribution >= 4 is 20.9 Å². The molecule has 0 radical (unpaired) electrons. The summed E-state index contributed by atoms with van der Waals surface area (Å²) < 4.78 is 34.8. The van der Waals surface area contributed by atoms with Crippen LogP contribution in [-0.4, -0.2) is 13.0 Å². The fraction of sp³-hybridized carbons (Fsp3) is 0.762. The minimum Gasteiger partial charge on any atom is -0.282 e. The molecule has 2 aromatic carbocycles. The molecule has 0 bridgehead atoms. The minimum atomic E-state index is -4.28. The molecule has 0 unspecified atom stereocenters. The second-order valence-corrected chi connectivity index (χ2v) is 15.7. The largest absolute Gasteiger partial charge is 0.295 e. The predicted molar refractivity (Wildman–Crippen MR) is 202 cm³/mol. The monoisotopic (exact) mass is 657 g/mol. The van der Waals surface area contributed by atoms with Crippen LogP contribution in [0.5, 0.6) is 0 Å². The van der Waals surface area contributed by atoms with Crippen molar-refractivity contribution in [2.75, 3.05) is 0 Å². The number of rotatable bonds is 31. The van der Waals surface area contributed by atoms with E-state index in [0.717, 1.165) is 36.6 Å². The molecule has 0 heterocycles. The molecule has 0 aliphatic carbocycles. The summed E-state index contributed by atoms with van der Waals surface area (Å²) in [4.78, 5) is 0.0770. The fourth-order valence-corrected chi connectivity index (χ4v) is 7.84. The van der Waals surface area contributed by atoms with Gasteiger partial charge in [0.1, 0.15) is 4.90 Å². The molecule has 0 spiro atoms. The van der Waals surface area contributed by atoms with Crippen molar-refractivity contribution in [3.8, 4) is 0 Å². The molecule has 0 saturated carbocycles. The molecule has 0 saturated heterocycles. The molecular weight excluding hydrogens is 585 g/mol. The van der Waals surface area contributed by atoms with Crippen molar-refractivity contribution < 1.29 is 13.0 Å². The number of unbranched alkanes of at least 4 members (excludes halogenated alkanes) is 26. The van der Waals surface area contributed by atoms with E-state index in [0.29, 0.717) is 5.39 Å². The maximum absolute atomic E-state index is 12.4. The molecule has 0 aliphatic rings. The van der Waals surface area contributed by atoms with E-state index < -0.39 is 10.1 Å². The lowest BCUT2D eigenvalue weighted by Gasteiger charge is -2.13. The van der Waals surface area contributed by atoms with Gasteiger partial charge < -0.3 is 0 Å². The lowest BCUT2D eigenvalue weighted by atomic mass is 9.95. The summed E-state index contributed by atoms with van der Waals surface area (Å²) in [6.07, 6.45) is 39.3. The number of hydrogen-bond acceptors (Lipinski definition) is 2. The van der Waals surface area contributed by atoms with Crippen LogP contribution in [0, 0.1) is 0 Å². The predicted octanol–water partition coefficient (Wildman–Crippen LogP) is 14.1. The van der Waals surface area contributed by atoms with Gasteiger partial charge >= 0.3 is 0 Å². The highest BCUT2D eigenvalue weighted by atomic mass is 32.2. The van der Waals surface area contributed by atoms with Gasteiger partial charge in [0.15, 0.2) is 0 Å². The average Bonchev–Trinajstić information content (AvgIpc) is 3.04. The molecule has 0 atom stereocenters. The average molecular weight is 657 g/mol. The van der Waals surface area contributed by atoms with Gasteiger partial charge in [-0.1, -0.05) is 205 Å². The van der Waals surface area contributed by atoms with Gasteiger partial charge in [-0.25, -0.2) is 0 Å². The number of hydrogen-bond donors (Lipinski definition) is 1. The zero-order valence-electron chi connectivity index (χ0n) is 30.3. The highest BCUT2D eigenvalue weighted by molar-refractivity contribution is 7.86. The Morgan fingerprint density at radius 3 is 1.22 bits per heavy atom. The van der Waals surface area contributed by atoms with Gasteiger partial charge in [-0.2, -0.15) is 8.42 Å². The van der Waals surface area contributed by atoms with E-state index >= 15 is 0 Å². The number of fused-ring (bicyclic) bond motifs is 1. The first-order valence-electron chi connectivity index (χ1n) is 20.0. The number of benzene rings is 2. The first-order valence-corrected chi connectivity index (χ1v) is 21.4. The molecule has 2 rings (SSSR count). The fourth-order valence-electron chi connectivity index (χ4n) is 7.08. The first-order chi connectivity index (χ1) is 22.5. The normalized spacial score (nSPS) is 12.0. The summed E-state index contributed by atoms with van der Waals surface area (Å²) in [7, 11) is -4.28. The Morgan fingerprint density at radius 2 is 0.826 bits per heavy atom. The van der Waals surface area contributed by atoms with Crippen LogP contribution in [0.3, 0.4) is 0 Å². The van der Waals surface area contributed by atoms with Crippen LogP contribution in [0.2, 0.25) is 0 Å². The van der Waals surface area contributed by atoms with Gasteiger partial charge in [0.25, 0.3) is 10.1 Å². The summed E-state index contributed by atoms with van der Waals surface area (Å²) in [5.41, 5.74) is 2.25. The molecule has 0 aromatic heterocycles. The van der Waals surface area contributed by atoms with Gasteiger partial charge in [-0.05, 0) is 48.3 Å². The van der Waals surface area contributed by atoms with Gasteiger partial charge in [0.2, 0.25) is 0 Å². The van der Waals surface area contributed by atoms with Crippen molar-refractivity contribution in [1.82, 2.24) is 0 Å². The van der Waals surface area contributed by atoms with Crippen LogP contribution < -0.4 is 0 Å². The topological polar surface area (TPSA) is 54.4 Å². The van der Waals surface area contributed by atoms with Gasteiger partial charge in [-0.15, -0.1) is 0 Å². The van der Waals surface area contributed by atoms with Crippen LogP contribution in [0.1, 0.15) is 205 Å². The van der Waals surface area contributed by atoms with E-state index in [1.165, 1.54) is 173 Å². The highest BCUT2D eigenvalue weighted by Crippen LogP contribution is 2.30. The Hall–Kier alpha value is -1.39. The lowest BCUT2D eigenvalue weighted by molar-refractivity contribution is 0.484. The molecule has 0 fully saturated rings. The van der Waals surface area contributed by atoms with Gasteiger partial charge in [0, 0.05) is 5.39 Å². The van der Waals surface area contributed by atoms with Crippen LogP contribution in [0.4, 0.5) is 0 Å². The van der Waals surface area contributed by atoms with Crippen molar-refractivity contribution in [3.05, 3.63) is 41.5 Å². The summed E-state index contributed by atoms with van der Waals surface area (Å²) in [6, 6.07) is 9.86. The maximum Gasteiger partial charge on any atom is 0.295 e. The summed E-state index contributed by atoms with van der Waals surface area (Å²) >= 11 is 0. The minimum absolute atomic E-state index is 0.0770. The molecule has 4 heteroatoms. The number of aryl methyl sites for hydroxylation is 2. The molecule has 3 nitrogen and oxygen atoms in total. The molecule has 1 N–H and O–H groups in total. The van der Waals surface area contributed by atoms with E-state index in [4.69, 9.17) is 0 Å². The Labute approximate surface area is 285 Å². The molecule has 46 heavy (non-hydrogen) atoms. The lowest BCUT2D eigenvalue weighted by Crippen LogP contribution is -2.02. The van der Waals surface area contributed by atoms with Crippen LogP contribution in [0.15, 0.2) is 35.2 Å². The van der Waals surface area contributed by atoms with Crippen molar-refractivity contribution in [2.24, 2.45) is 0 Å². The molecule has 0 aliphatic heterocycles. The second kappa shape index (κ2) is 26.6. The summed E-state index contributed by atoms with van der Waals surface area (Å²) in [6.45, 7) is 4.56. The molecule has 2 aromatic rings. The van der Waals surface area contributed by atoms with Crippen LogP contribution in [0.25, 0.3) is 10.8 Å². The highest BCUT2D eigenvalue weighted by Gasteiger charge is 2.17. The van der Waals surface area contributed by atoms with E-state index in [2.05, 4.69) is 26.0 Å². The maximum atomic E-state index is 12.4. The Bertz CT molecular complexity index is 1120. The Morgan fingerprint density at radius 1 is 0.457 bits per heavy atom. The van der Waals surface area contributed by atoms with Gasteiger partial charge in [0.05, 0.1) is 0 Å². The quantitative estimate of drug-likeness (QED) is 0.0649. The third kappa shape index (κ3) is 18.8. The van der Waals surface area contributed by atoms with E-state index in [1.807, 2.05) is 12.1 Å². The summed E-state index contributed by atoms with van der Waals surface area (Å²) in [5, 5.41) is 1.67. The van der Waals surface area contributed by atoms with E-state index in [-0.39, 0.29) is 4.90 Å². The van der Waals surface area contributed by atoms with Crippen molar-refractivity contribution in [3.63, 3.8) is 0 Å². The Kier molecular flexibility index (Phi) is 23.5. The molecule has 264 valence electrons. The smallest absolute Gasteiger partial charge is 0.282 e. The summed E-state index contributed by atoms with van der Waals surface area (Å²) in [5.74, 6) is 0. The van der Waals surface area contributed by atoms with Crippen molar-refractivity contribution in [2.45, 2.75) is 211 Å². The standard InChI is InChI=1S/C42H72O3S/c1-3-5-7-9-11-13-15-17-19-21-23-25-27-29-32-38-36-41-39(34-31-35-40(41)42(37-38)46(43,44)45)33-30-28-26-24-22-20-18-16-14-12-10-8-6-4-2/h31,34-37H,3-30,32-33H2,1-2H3,(H,43,44,45). The second-order valence-electron chi connectivity index (χ2n) is 14.3. The molecular formula is C42H72O3S. The zero-order valence-corrected chi connectivity index (χ0v) is 31.1. The van der Waals surface area contributed by atoms with Crippen LogP contribution >= 0.6 is 0 Å². The van der Waals surface area contributed by atoms with Crippen molar-refractivity contribution in [1.29, 1.82) is 0 Å². The molecule has 0 amide bonds. The van der Waals surface area contributed by atoms with E-state index in [9.17, 15) is 13.0 Å². The zero-order chi connectivity index (χ0) is 33.1. The Balaban J connectivity index is 1.69. The first kappa shape index (κ1) is 40.8. The van der Waals surface area contributed by atoms with Crippen LogP contribution in [-0.2, 0) is 23.0 Å². The third-order valence-electron chi connectivity index (χ3n) is 10.0.